The molecule has 23 heavy (non-hydrogen) atoms. The Labute approximate surface area is 138 Å². The van der Waals surface area contributed by atoms with Crippen LogP contribution in [0, 0.1) is 6.92 Å². The third-order valence-electron chi connectivity index (χ3n) is 4.35. The summed E-state index contributed by atoms with van der Waals surface area (Å²) in [5, 5.41) is 11.8. The molecule has 0 bridgehead atoms. The van der Waals surface area contributed by atoms with Crippen LogP contribution in [0.5, 0.6) is 0 Å². The van der Waals surface area contributed by atoms with Gasteiger partial charge in [-0.05, 0) is 50.8 Å². The number of hydrogen-bond donors (Lipinski definition) is 2. The van der Waals surface area contributed by atoms with E-state index in [2.05, 4.69) is 10.2 Å². The fourth-order valence-electron chi connectivity index (χ4n) is 2.88. The Kier molecular flexibility index (Phi) is 7.02. The molecule has 5 nitrogen and oxygen atoms in total. The quantitative estimate of drug-likeness (QED) is 0.756. The highest BCUT2D eigenvalue weighted by Crippen LogP contribution is 2.17. The third kappa shape index (κ3) is 5.61. The molecule has 1 heterocycles. The van der Waals surface area contributed by atoms with Crippen molar-refractivity contribution in [2.45, 2.75) is 45.3 Å². The maximum absolute atomic E-state index is 12.4. The zero-order chi connectivity index (χ0) is 16.7. The number of rotatable bonds is 7. The molecule has 0 saturated carbocycles. The number of hydrogen-bond acceptors (Lipinski definition) is 4. The number of ether oxygens (including phenoxy) is 1. The van der Waals surface area contributed by atoms with Crippen LogP contribution < -0.4 is 5.32 Å². The SMILES string of the molecule is Cc1cccc(NC(=O)C(C)N2CCC(OCCCO)CC2)c1. The molecule has 1 atom stereocenters. The highest BCUT2D eigenvalue weighted by molar-refractivity contribution is 5.94. The lowest BCUT2D eigenvalue weighted by atomic mass is 10.1. The molecule has 1 amide bonds. The van der Waals surface area contributed by atoms with Gasteiger partial charge in [-0.25, -0.2) is 0 Å². The average molecular weight is 320 g/mol. The average Bonchev–Trinajstić information content (AvgIpc) is 2.55. The van der Waals surface area contributed by atoms with Gasteiger partial charge >= 0.3 is 0 Å². The van der Waals surface area contributed by atoms with Crippen molar-refractivity contribution < 1.29 is 14.6 Å². The lowest BCUT2D eigenvalue weighted by Gasteiger charge is -2.35. The normalized spacial score (nSPS) is 17.9. The molecule has 1 aromatic carbocycles. The van der Waals surface area contributed by atoms with Gasteiger partial charge in [-0.15, -0.1) is 0 Å². The highest BCUT2D eigenvalue weighted by atomic mass is 16.5. The first-order chi connectivity index (χ1) is 11.1. The minimum absolute atomic E-state index is 0.0373. The van der Waals surface area contributed by atoms with Crippen LogP contribution in [0.25, 0.3) is 0 Å². The van der Waals surface area contributed by atoms with E-state index in [4.69, 9.17) is 9.84 Å². The van der Waals surface area contributed by atoms with E-state index < -0.39 is 0 Å². The van der Waals surface area contributed by atoms with Crippen LogP contribution in [0.4, 0.5) is 5.69 Å². The summed E-state index contributed by atoms with van der Waals surface area (Å²) in [4.78, 5) is 14.6. The van der Waals surface area contributed by atoms with Crippen LogP contribution in [0.3, 0.4) is 0 Å². The molecule has 128 valence electrons. The molecule has 1 aromatic rings. The second-order valence-corrected chi connectivity index (χ2v) is 6.22. The van der Waals surface area contributed by atoms with E-state index in [1.807, 2.05) is 38.1 Å². The topological polar surface area (TPSA) is 61.8 Å². The van der Waals surface area contributed by atoms with Gasteiger partial charge in [-0.3, -0.25) is 9.69 Å². The van der Waals surface area contributed by atoms with Crippen LogP contribution >= 0.6 is 0 Å². The third-order valence-corrected chi connectivity index (χ3v) is 4.35. The number of piperidine rings is 1. The first-order valence-electron chi connectivity index (χ1n) is 8.44. The number of aryl methyl sites for hydroxylation is 1. The summed E-state index contributed by atoms with van der Waals surface area (Å²) in [6, 6.07) is 7.71. The van der Waals surface area contributed by atoms with Crippen LogP contribution in [0.2, 0.25) is 0 Å². The summed E-state index contributed by atoms with van der Waals surface area (Å²) in [6.45, 7) is 6.50. The number of aliphatic hydroxyl groups excluding tert-OH is 1. The van der Waals surface area contributed by atoms with Gasteiger partial charge in [0.15, 0.2) is 0 Å². The summed E-state index contributed by atoms with van der Waals surface area (Å²) in [5.74, 6) is 0.0373. The predicted molar refractivity (Wildman–Crippen MR) is 91.5 cm³/mol. The summed E-state index contributed by atoms with van der Waals surface area (Å²) in [7, 11) is 0. The van der Waals surface area contributed by atoms with Crippen molar-refractivity contribution in [3.63, 3.8) is 0 Å². The fraction of sp³-hybridized carbons (Fsp3) is 0.611. The zero-order valence-electron chi connectivity index (χ0n) is 14.1. The first-order valence-corrected chi connectivity index (χ1v) is 8.44. The van der Waals surface area contributed by atoms with Crippen molar-refractivity contribution >= 4 is 11.6 Å². The van der Waals surface area contributed by atoms with Crippen molar-refractivity contribution in [3.8, 4) is 0 Å². The summed E-state index contributed by atoms with van der Waals surface area (Å²) >= 11 is 0. The first kappa shape index (κ1) is 17.9. The predicted octanol–water partition coefficient (Wildman–Crippen LogP) is 2.19. The molecule has 0 spiro atoms. The van der Waals surface area contributed by atoms with Gasteiger partial charge in [0.05, 0.1) is 12.1 Å². The number of amides is 1. The van der Waals surface area contributed by atoms with Gasteiger partial charge in [-0.1, -0.05) is 12.1 Å². The van der Waals surface area contributed by atoms with E-state index in [0.29, 0.717) is 13.0 Å². The van der Waals surface area contributed by atoms with Crippen molar-refractivity contribution in [2.75, 3.05) is 31.6 Å². The molecule has 0 radical (unpaired) electrons. The van der Waals surface area contributed by atoms with Crippen LogP contribution in [0.15, 0.2) is 24.3 Å². The number of likely N-dealkylation sites (tertiary alicyclic amines) is 1. The van der Waals surface area contributed by atoms with E-state index in [9.17, 15) is 4.79 Å². The molecule has 0 aromatic heterocycles. The molecule has 0 aliphatic carbocycles. The van der Waals surface area contributed by atoms with E-state index in [-0.39, 0.29) is 24.7 Å². The molecule has 1 aliphatic heterocycles. The Bertz CT molecular complexity index is 499. The standard InChI is InChI=1S/C18H28N2O3/c1-14-5-3-6-16(13-14)19-18(22)15(2)20-9-7-17(8-10-20)23-12-4-11-21/h3,5-6,13,15,17,21H,4,7-12H2,1-2H3,(H,19,22). The molecule has 5 heteroatoms. The Hall–Kier alpha value is -1.43. The number of nitrogens with one attached hydrogen (secondary N) is 1. The molecule has 1 fully saturated rings. The van der Waals surface area contributed by atoms with E-state index >= 15 is 0 Å². The monoisotopic (exact) mass is 320 g/mol. The molecular weight excluding hydrogens is 292 g/mol. The van der Waals surface area contributed by atoms with Crippen LogP contribution in [0.1, 0.15) is 31.7 Å². The van der Waals surface area contributed by atoms with E-state index in [1.165, 1.54) is 0 Å². The summed E-state index contributed by atoms with van der Waals surface area (Å²) < 4.78 is 5.73. The maximum atomic E-state index is 12.4. The largest absolute Gasteiger partial charge is 0.396 e. The molecule has 1 saturated heterocycles. The smallest absolute Gasteiger partial charge is 0.241 e. The van der Waals surface area contributed by atoms with Crippen LogP contribution in [-0.2, 0) is 9.53 Å². The number of carbonyl (C=O) groups is 1. The summed E-state index contributed by atoms with van der Waals surface area (Å²) in [6.07, 6.45) is 2.82. The minimum atomic E-state index is -0.145. The van der Waals surface area contributed by atoms with E-state index in [0.717, 1.165) is 37.2 Å². The van der Waals surface area contributed by atoms with Crippen molar-refractivity contribution in [3.05, 3.63) is 29.8 Å². The molecule has 1 aliphatic rings. The number of carbonyl (C=O) groups excluding carboxylic acids is 1. The number of nitrogens with zero attached hydrogens (tertiary/aromatic N) is 1. The number of anilines is 1. The minimum Gasteiger partial charge on any atom is -0.396 e. The number of aliphatic hydroxyl groups is 1. The lowest BCUT2D eigenvalue weighted by Crippen LogP contribution is -2.47. The Morgan fingerprint density at radius 3 is 2.83 bits per heavy atom. The van der Waals surface area contributed by atoms with Gasteiger partial charge in [0, 0.05) is 32.0 Å². The zero-order valence-corrected chi connectivity index (χ0v) is 14.1. The lowest BCUT2D eigenvalue weighted by molar-refractivity contribution is -0.121. The highest BCUT2D eigenvalue weighted by Gasteiger charge is 2.26. The molecule has 2 N–H and O–H groups in total. The molecule has 2 rings (SSSR count). The van der Waals surface area contributed by atoms with Gasteiger partial charge in [0.1, 0.15) is 0 Å². The Balaban J connectivity index is 1.77. The maximum Gasteiger partial charge on any atom is 0.241 e. The Morgan fingerprint density at radius 1 is 1.43 bits per heavy atom. The van der Waals surface area contributed by atoms with Crippen molar-refractivity contribution in [1.82, 2.24) is 4.90 Å². The second kappa shape index (κ2) is 9.01. The van der Waals surface area contributed by atoms with Crippen molar-refractivity contribution in [1.29, 1.82) is 0 Å². The molecular formula is C18H28N2O3. The van der Waals surface area contributed by atoms with Crippen LogP contribution in [-0.4, -0.2) is 54.4 Å². The van der Waals surface area contributed by atoms with Gasteiger partial charge < -0.3 is 15.2 Å². The second-order valence-electron chi connectivity index (χ2n) is 6.22. The molecule has 1 unspecified atom stereocenters. The van der Waals surface area contributed by atoms with E-state index in [1.54, 1.807) is 0 Å². The number of benzene rings is 1. The van der Waals surface area contributed by atoms with Crippen molar-refractivity contribution in [2.24, 2.45) is 0 Å². The van der Waals surface area contributed by atoms with Gasteiger partial charge in [0.25, 0.3) is 0 Å². The Morgan fingerprint density at radius 2 is 2.17 bits per heavy atom. The summed E-state index contributed by atoms with van der Waals surface area (Å²) in [5.41, 5.74) is 1.99. The van der Waals surface area contributed by atoms with Gasteiger partial charge in [0.2, 0.25) is 5.91 Å². The fourth-order valence-corrected chi connectivity index (χ4v) is 2.88. The van der Waals surface area contributed by atoms with Gasteiger partial charge in [-0.2, -0.15) is 0 Å².